The predicted octanol–water partition coefficient (Wildman–Crippen LogP) is 3.83. The molecule has 8 heteroatoms. The summed E-state index contributed by atoms with van der Waals surface area (Å²) in [5, 5.41) is 0.458. The van der Waals surface area contributed by atoms with Gasteiger partial charge in [0.1, 0.15) is 6.61 Å². The fraction of sp³-hybridized carbons (Fsp3) is 0.200. The first-order valence-corrected chi connectivity index (χ1v) is 8.80. The standard InChI is InChI=1S/C15H14Cl2FNO3S/c1-19(6-7-22-15-5-3-2-4-14(15)18)23(20,21)13-9-11(16)8-12(17)10-13/h2-5,8-10H,6-7H2,1H3. The number of sulfonamides is 1. The number of hydrogen-bond donors (Lipinski definition) is 0. The van der Waals surface area contributed by atoms with Gasteiger partial charge in [0.25, 0.3) is 0 Å². The largest absolute Gasteiger partial charge is 0.489 e. The van der Waals surface area contributed by atoms with Crippen molar-refractivity contribution in [1.82, 2.24) is 4.31 Å². The fourth-order valence-corrected chi connectivity index (χ4v) is 3.71. The van der Waals surface area contributed by atoms with E-state index in [9.17, 15) is 12.8 Å². The summed E-state index contributed by atoms with van der Waals surface area (Å²) >= 11 is 11.7. The number of rotatable bonds is 6. The SMILES string of the molecule is CN(CCOc1ccccc1F)S(=O)(=O)c1cc(Cl)cc(Cl)c1. The highest BCUT2D eigenvalue weighted by atomic mass is 35.5. The second kappa shape index (κ2) is 7.49. The van der Waals surface area contributed by atoms with Crippen LogP contribution in [0.5, 0.6) is 5.75 Å². The molecule has 0 amide bonds. The molecule has 2 rings (SSSR count). The summed E-state index contributed by atoms with van der Waals surface area (Å²) in [5.74, 6) is -0.427. The molecule has 124 valence electrons. The van der Waals surface area contributed by atoms with Crippen molar-refractivity contribution in [3.8, 4) is 5.75 Å². The van der Waals surface area contributed by atoms with Crippen LogP contribution in [-0.4, -0.2) is 32.9 Å². The van der Waals surface area contributed by atoms with Crippen LogP contribution in [0.2, 0.25) is 10.0 Å². The van der Waals surface area contributed by atoms with Crippen molar-refractivity contribution in [3.05, 3.63) is 58.3 Å². The molecule has 0 atom stereocenters. The number of ether oxygens (including phenoxy) is 1. The van der Waals surface area contributed by atoms with Gasteiger partial charge in [-0.15, -0.1) is 0 Å². The van der Waals surface area contributed by atoms with Gasteiger partial charge in [-0.1, -0.05) is 35.3 Å². The molecule has 0 saturated carbocycles. The Balaban J connectivity index is 2.04. The topological polar surface area (TPSA) is 46.6 Å². The molecule has 0 fully saturated rings. The van der Waals surface area contributed by atoms with Crippen LogP contribution in [0.1, 0.15) is 0 Å². The molecule has 0 aromatic heterocycles. The van der Waals surface area contributed by atoms with Crippen LogP contribution in [0, 0.1) is 5.82 Å². The number of benzene rings is 2. The van der Waals surface area contributed by atoms with Crippen molar-refractivity contribution < 1.29 is 17.5 Å². The normalized spacial score (nSPS) is 11.7. The van der Waals surface area contributed by atoms with Gasteiger partial charge in [-0.2, -0.15) is 4.31 Å². The van der Waals surface area contributed by atoms with Crippen molar-refractivity contribution in [1.29, 1.82) is 0 Å². The quantitative estimate of drug-likeness (QED) is 0.768. The predicted molar refractivity (Wildman–Crippen MR) is 88.2 cm³/mol. The third-order valence-electron chi connectivity index (χ3n) is 3.04. The molecule has 0 saturated heterocycles. The van der Waals surface area contributed by atoms with Crippen molar-refractivity contribution in [2.24, 2.45) is 0 Å². The molecular weight excluding hydrogens is 364 g/mol. The first-order chi connectivity index (χ1) is 10.8. The minimum Gasteiger partial charge on any atom is -0.489 e. The van der Waals surface area contributed by atoms with E-state index in [1.54, 1.807) is 12.1 Å². The monoisotopic (exact) mass is 377 g/mol. The lowest BCUT2D eigenvalue weighted by molar-refractivity contribution is 0.275. The molecular formula is C15H14Cl2FNO3S. The molecule has 0 unspecified atom stereocenters. The summed E-state index contributed by atoms with van der Waals surface area (Å²) in [5.41, 5.74) is 0. The van der Waals surface area contributed by atoms with E-state index in [1.165, 1.54) is 37.4 Å². The zero-order chi connectivity index (χ0) is 17.0. The van der Waals surface area contributed by atoms with Gasteiger partial charge in [-0.05, 0) is 30.3 Å². The van der Waals surface area contributed by atoms with Gasteiger partial charge in [-0.25, -0.2) is 12.8 Å². The van der Waals surface area contributed by atoms with Gasteiger partial charge >= 0.3 is 0 Å². The molecule has 0 N–H and O–H groups in total. The number of nitrogens with zero attached hydrogens (tertiary/aromatic N) is 1. The lowest BCUT2D eigenvalue weighted by atomic mass is 10.3. The smallest absolute Gasteiger partial charge is 0.243 e. The summed E-state index contributed by atoms with van der Waals surface area (Å²) in [4.78, 5) is -0.0107. The molecule has 0 aliphatic rings. The van der Waals surface area contributed by atoms with Gasteiger partial charge < -0.3 is 4.74 Å². The van der Waals surface area contributed by atoms with Gasteiger partial charge in [0.05, 0.1) is 4.90 Å². The molecule has 0 bridgehead atoms. The first-order valence-electron chi connectivity index (χ1n) is 6.60. The van der Waals surface area contributed by atoms with E-state index in [1.807, 2.05) is 0 Å². The Kier molecular flexibility index (Phi) is 5.86. The Morgan fingerprint density at radius 2 is 1.74 bits per heavy atom. The van der Waals surface area contributed by atoms with Crippen LogP contribution in [0.4, 0.5) is 4.39 Å². The van der Waals surface area contributed by atoms with Crippen molar-refractivity contribution in [2.45, 2.75) is 4.90 Å². The Hall–Kier alpha value is -1.34. The average molecular weight is 378 g/mol. The van der Waals surface area contributed by atoms with Crippen LogP contribution in [0.3, 0.4) is 0 Å². The molecule has 4 nitrogen and oxygen atoms in total. The van der Waals surface area contributed by atoms with Crippen LogP contribution in [0.15, 0.2) is 47.4 Å². The molecule has 2 aromatic carbocycles. The van der Waals surface area contributed by atoms with Crippen LogP contribution in [0.25, 0.3) is 0 Å². The second-order valence-electron chi connectivity index (χ2n) is 4.71. The molecule has 0 aliphatic heterocycles. The highest BCUT2D eigenvalue weighted by molar-refractivity contribution is 7.89. The molecule has 0 spiro atoms. The van der Waals surface area contributed by atoms with Crippen LogP contribution < -0.4 is 4.74 Å². The van der Waals surface area contributed by atoms with Crippen LogP contribution in [-0.2, 0) is 10.0 Å². The van der Waals surface area contributed by atoms with Gasteiger partial charge in [0.15, 0.2) is 11.6 Å². The second-order valence-corrected chi connectivity index (χ2v) is 7.63. The van der Waals surface area contributed by atoms with Crippen molar-refractivity contribution >= 4 is 33.2 Å². The summed E-state index contributed by atoms with van der Waals surface area (Å²) in [6.45, 7) is 0.0474. The average Bonchev–Trinajstić information content (AvgIpc) is 2.48. The van der Waals surface area contributed by atoms with Gasteiger partial charge in [-0.3, -0.25) is 0 Å². The number of para-hydroxylation sites is 1. The van der Waals surface area contributed by atoms with Gasteiger partial charge in [0.2, 0.25) is 10.0 Å². The van der Waals surface area contributed by atoms with Gasteiger partial charge in [0, 0.05) is 23.6 Å². The molecule has 2 aromatic rings. The van der Waals surface area contributed by atoms with E-state index >= 15 is 0 Å². The highest BCUT2D eigenvalue weighted by Crippen LogP contribution is 2.24. The Labute approximate surface area is 144 Å². The molecule has 23 heavy (non-hydrogen) atoms. The van der Waals surface area contributed by atoms with E-state index in [0.29, 0.717) is 0 Å². The lowest BCUT2D eigenvalue weighted by Gasteiger charge is -2.18. The maximum absolute atomic E-state index is 13.4. The molecule has 0 heterocycles. The Morgan fingerprint density at radius 3 is 2.35 bits per heavy atom. The number of halogens is 3. The fourth-order valence-electron chi connectivity index (χ4n) is 1.82. The maximum Gasteiger partial charge on any atom is 0.243 e. The minimum atomic E-state index is -3.76. The first kappa shape index (κ1) is 18.0. The molecule has 0 aliphatic carbocycles. The van der Waals surface area contributed by atoms with Crippen molar-refractivity contribution in [2.75, 3.05) is 20.2 Å². The van der Waals surface area contributed by atoms with E-state index in [4.69, 9.17) is 27.9 Å². The number of hydrogen-bond acceptors (Lipinski definition) is 3. The Morgan fingerprint density at radius 1 is 1.13 bits per heavy atom. The Bertz CT molecular complexity index is 779. The maximum atomic E-state index is 13.4. The van der Waals surface area contributed by atoms with Crippen molar-refractivity contribution in [3.63, 3.8) is 0 Å². The minimum absolute atomic E-state index is 0.00492. The third kappa shape index (κ3) is 4.57. The van der Waals surface area contributed by atoms with E-state index in [2.05, 4.69) is 0 Å². The summed E-state index contributed by atoms with van der Waals surface area (Å²) in [7, 11) is -2.36. The summed E-state index contributed by atoms with van der Waals surface area (Å²) < 4.78 is 44.6. The van der Waals surface area contributed by atoms with E-state index in [0.717, 1.165) is 4.31 Å². The summed E-state index contributed by atoms with van der Waals surface area (Å²) in [6, 6.07) is 10.00. The zero-order valence-corrected chi connectivity index (χ0v) is 14.5. The highest BCUT2D eigenvalue weighted by Gasteiger charge is 2.21. The molecule has 0 radical (unpaired) electrons. The van der Waals surface area contributed by atoms with Crippen LogP contribution >= 0.6 is 23.2 Å². The third-order valence-corrected chi connectivity index (χ3v) is 5.32. The summed E-state index contributed by atoms with van der Waals surface area (Å²) in [6.07, 6.45) is 0. The lowest BCUT2D eigenvalue weighted by Crippen LogP contribution is -2.31. The zero-order valence-electron chi connectivity index (χ0n) is 12.2. The van der Waals surface area contributed by atoms with E-state index in [-0.39, 0.29) is 33.8 Å². The van der Waals surface area contributed by atoms with E-state index < -0.39 is 15.8 Å². The number of likely N-dealkylation sites (N-methyl/N-ethyl adjacent to an activating group) is 1.